The van der Waals surface area contributed by atoms with Crippen LogP contribution in [0.3, 0.4) is 0 Å². The second-order valence-electron chi connectivity index (χ2n) is 20.9. The van der Waals surface area contributed by atoms with Crippen LogP contribution < -0.4 is 0 Å². The number of fused-ring (bicyclic) bond motifs is 7. The molecule has 0 bridgehead atoms. The van der Waals surface area contributed by atoms with E-state index in [2.05, 4.69) is 51.3 Å². The van der Waals surface area contributed by atoms with E-state index in [0.717, 1.165) is 84.6 Å². The number of nitrogens with zero attached hydrogens (tertiary/aromatic N) is 2. The Morgan fingerprint density at radius 1 is 0.706 bits per heavy atom. The molecule has 51 heavy (non-hydrogen) atoms. The molecule has 0 spiro atoms. The molecule has 2 aliphatic heterocycles. The molecule has 8 aliphatic rings. The Balaban J connectivity index is 1.01. The van der Waals surface area contributed by atoms with Gasteiger partial charge in [0.05, 0.1) is 31.3 Å². The first kappa shape index (κ1) is 36.8. The Hall–Kier alpha value is -1.18. The highest BCUT2D eigenvalue weighted by molar-refractivity contribution is 5.84. The Morgan fingerprint density at radius 3 is 2.12 bits per heavy atom. The van der Waals surface area contributed by atoms with Crippen LogP contribution >= 0.6 is 0 Å². The molecule has 8 fully saturated rings. The molecule has 7 heteroatoms. The zero-order valence-electron chi connectivity index (χ0n) is 33.5. The van der Waals surface area contributed by atoms with Gasteiger partial charge in [0.2, 0.25) is 5.91 Å². The van der Waals surface area contributed by atoms with Crippen LogP contribution in [0.2, 0.25) is 0 Å². The van der Waals surface area contributed by atoms with E-state index in [9.17, 15) is 4.79 Å². The summed E-state index contributed by atoms with van der Waals surface area (Å²) in [7, 11) is 0. The standard InChI is InChI=1S/C44H72N2O5/c1-30(47)51-36-12-15-41(5)34(39(36,2)3)11-16-43(7)35(41)9-8-33-37-32(40(4)18-19-40)10-17-44(37,21-20-42(33,43)6)38(48)46-22-13-31(14-23-46)50-29-26-45-24-27-49-28-25-45/h31-37H,8-29H2,1-7H3/t32-,33-,34+,35?,36+,37-,41+,42-,43-,44+/m1/s1. The average Bonchev–Trinajstić information content (AvgIpc) is 3.71. The Kier molecular flexibility index (Phi) is 9.34. The van der Waals surface area contributed by atoms with Crippen molar-refractivity contribution in [2.24, 2.45) is 62.1 Å². The first-order valence-electron chi connectivity index (χ1n) is 21.6. The number of likely N-dealkylation sites (tertiary alicyclic amines) is 1. The molecular weight excluding hydrogens is 636 g/mol. The second kappa shape index (κ2) is 13.0. The number of ether oxygens (including phenoxy) is 3. The number of carbonyl (C=O) groups excluding carboxylic acids is 2. The largest absolute Gasteiger partial charge is 0.462 e. The number of morpholine rings is 1. The van der Waals surface area contributed by atoms with Gasteiger partial charge in [-0.05, 0) is 141 Å². The number of hydrogen-bond acceptors (Lipinski definition) is 6. The van der Waals surface area contributed by atoms with Crippen molar-refractivity contribution in [2.45, 2.75) is 151 Å². The van der Waals surface area contributed by atoms with Gasteiger partial charge in [0.15, 0.2) is 0 Å². The lowest BCUT2D eigenvalue weighted by Crippen LogP contribution is -2.67. The van der Waals surface area contributed by atoms with Crippen LogP contribution in [-0.4, -0.2) is 86.4 Å². The number of esters is 1. The fourth-order valence-corrected chi connectivity index (χ4v) is 15.4. The van der Waals surface area contributed by atoms with Gasteiger partial charge in [0.25, 0.3) is 0 Å². The third-order valence-electron chi connectivity index (χ3n) is 18.6. The Bertz CT molecular complexity index is 1330. The topological polar surface area (TPSA) is 68.3 Å². The van der Waals surface area contributed by atoms with Gasteiger partial charge in [-0.3, -0.25) is 14.5 Å². The van der Waals surface area contributed by atoms with Crippen molar-refractivity contribution >= 4 is 11.9 Å². The van der Waals surface area contributed by atoms with Crippen LogP contribution in [0.5, 0.6) is 0 Å². The third-order valence-corrected chi connectivity index (χ3v) is 18.6. The fraction of sp³-hybridized carbons (Fsp3) is 0.955. The summed E-state index contributed by atoms with van der Waals surface area (Å²) >= 11 is 0. The Labute approximate surface area is 310 Å². The minimum Gasteiger partial charge on any atom is -0.462 e. The van der Waals surface area contributed by atoms with E-state index in [1.807, 2.05) is 0 Å². The number of hydrogen-bond donors (Lipinski definition) is 0. The molecule has 0 aromatic rings. The second-order valence-corrected chi connectivity index (χ2v) is 20.9. The Morgan fingerprint density at radius 2 is 1.43 bits per heavy atom. The van der Waals surface area contributed by atoms with Crippen molar-refractivity contribution in [3.8, 4) is 0 Å². The molecule has 8 rings (SSSR count). The van der Waals surface area contributed by atoms with E-state index < -0.39 is 0 Å². The number of piperidine rings is 1. The van der Waals surface area contributed by atoms with Crippen LogP contribution in [0.15, 0.2) is 0 Å². The normalized spacial score (nSPS) is 46.3. The molecule has 6 aliphatic carbocycles. The summed E-state index contributed by atoms with van der Waals surface area (Å²) in [6.07, 6.45) is 16.9. The van der Waals surface area contributed by atoms with E-state index in [1.165, 1.54) is 57.8 Å². The maximum Gasteiger partial charge on any atom is 0.302 e. The lowest BCUT2D eigenvalue weighted by atomic mass is 9.32. The minimum absolute atomic E-state index is 0.00969. The lowest BCUT2D eigenvalue weighted by Gasteiger charge is -2.73. The maximum atomic E-state index is 15.2. The van der Waals surface area contributed by atoms with Gasteiger partial charge in [0, 0.05) is 45.1 Å². The summed E-state index contributed by atoms with van der Waals surface area (Å²) in [6, 6.07) is 0. The molecule has 6 saturated carbocycles. The predicted molar refractivity (Wildman–Crippen MR) is 200 cm³/mol. The average molecular weight is 709 g/mol. The van der Waals surface area contributed by atoms with E-state index in [0.29, 0.717) is 40.9 Å². The highest BCUT2D eigenvalue weighted by Gasteiger charge is 2.73. The van der Waals surface area contributed by atoms with Crippen LogP contribution in [-0.2, 0) is 23.8 Å². The molecule has 2 saturated heterocycles. The summed E-state index contributed by atoms with van der Waals surface area (Å²) in [5, 5.41) is 0. The molecule has 2 heterocycles. The van der Waals surface area contributed by atoms with Crippen molar-refractivity contribution in [1.29, 1.82) is 0 Å². The van der Waals surface area contributed by atoms with Crippen molar-refractivity contribution in [1.82, 2.24) is 9.80 Å². The van der Waals surface area contributed by atoms with Crippen molar-refractivity contribution in [3.05, 3.63) is 0 Å². The SMILES string of the molecule is CC(=O)O[C@H]1CC[C@]2(C)C3CC[C@@H]4[C@H]5[C@H](C6(C)CC6)CC[C@]5(C(=O)N5CCC(OCCN6CCOCC6)CC5)CC[C@@]4(C)[C@]3(C)CC[C@H]2C1(C)C. The predicted octanol–water partition coefficient (Wildman–Crippen LogP) is 8.14. The first-order chi connectivity index (χ1) is 24.2. The van der Waals surface area contributed by atoms with Crippen LogP contribution in [0.1, 0.15) is 138 Å². The van der Waals surface area contributed by atoms with Gasteiger partial charge < -0.3 is 19.1 Å². The zero-order valence-corrected chi connectivity index (χ0v) is 33.5. The molecular formula is C44H72N2O5. The zero-order chi connectivity index (χ0) is 36.0. The van der Waals surface area contributed by atoms with Gasteiger partial charge >= 0.3 is 5.97 Å². The highest BCUT2D eigenvalue weighted by Crippen LogP contribution is 2.79. The molecule has 0 radical (unpaired) electrons. The van der Waals surface area contributed by atoms with Gasteiger partial charge in [-0.2, -0.15) is 0 Å². The summed E-state index contributed by atoms with van der Waals surface area (Å²) in [6.45, 7) is 24.2. The summed E-state index contributed by atoms with van der Waals surface area (Å²) in [5.41, 5.74) is 1.05. The van der Waals surface area contributed by atoms with Crippen LogP contribution in [0, 0.1) is 62.1 Å². The minimum atomic E-state index is -0.168. The van der Waals surface area contributed by atoms with E-state index >= 15 is 4.79 Å². The smallest absolute Gasteiger partial charge is 0.302 e. The summed E-state index contributed by atoms with van der Waals surface area (Å²) in [5.74, 6) is 3.51. The van der Waals surface area contributed by atoms with Crippen LogP contribution in [0.25, 0.3) is 0 Å². The molecule has 1 amide bonds. The van der Waals surface area contributed by atoms with Crippen molar-refractivity contribution < 1.29 is 23.8 Å². The van der Waals surface area contributed by atoms with Gasteiger partial charge in [-0.15, -0.1) is 0 Å². The number of amides is 1. The number of rotatable bonds is 7. The lowest BCUT2D eigenvalue weighted by molar-refractivity contribution is -0.251. The fourth-order valence-electron chi connectivity index (χ4n) is 15.4. The summed E-state index contributed by atoms with van der Waals surface area (Å²) < 4.78 is 17.9. The molecule has 0 aromatic carbocycles. The van der Waals surface area contributed by atoms with Gasteiger partial charge in [-0.1, -0.05) is 41.5 Å². The highest BCUT2D eigenvalue weighted by atomic mass is 16.5. The molecule has 1 unspecified atom stereocenters. The first-order valence-corrected chi connectivity index (χ1v) is 21.6. The van der Waals surface area contributed by atoms with Crippen molar-refractivity contribution in [3.63, 3.8) is 0 Å². The maximum absolute atomic E-state index is 15.2. The van der Waals surface area contributed by atoms with E-state index in [4.69, 9.17) is 14.2 Å². The van der Waals surface area contributed by atoms with Gasteiger partial charge in [-0.25, -0.2) is 0 Å². The third kappa shape index (κ3) is 5.72. The molecule has 0 N–H and O–H groups in total. The molecule has 7 nitrogen and oxygen atoms in total. The molecule has 0 aromatic heterocycles. The van der Waals surface area contributed by atoms with Crippen LogP contribution in [0.4, 0.5) is 0 Å². The molecule has 288 valence electrons. The molecule has 10 atom stereocenters. The monoisotopic (exact) mass is 709 g/mol. The van der Waals surface area contributed by atoms with E-state index in [-0.39, 0.29) is 45.3 Å². The van der Waals surface area contributed by atoms with E-state index in [1.54, 1.807) is 6.92 Å². The number of carbonyl (C=O) groups is 2. The summed E-state index contributed by atoms with van der Waals surface area (Å²) in [4.78, 5) is 32.1. The van der Waals surface area contributed by atoms with Crippen molar-refractivity contribution in [2.75, 3.05) is 52.5 Å². The van der Waals surface area contributed by atoms with Gasteiger partial charge in [0.1, 0.15) is 6.10 Å². The quantitative estimate of drug-likeness (QED) is 0.249.